The number of esters is 2. The van der Waals surface area contributed by atoms with Crippen molar-refractivity contribution >= 4 is 11.9 Å². The van der Waals surface area contributed by atoms with Crippen molar-refractivity contribution in [3.63, 3.8) is 0 Å². The number of aliphatic hydroxyl groups is 1. The molecule has 0 aromatic carbocycles. The quantitative estimate of drug-likeness (QED) is 0.673. The number of aliphatic hydroxyl groups excluding tert-OH is 1. The summed E-state index contributed by atoms with van der Waals surface area (Å²) in [4.78, 5) is 26.3. The van der Waals surface area contributed by atoms with Crippen LogP contribution in [0.3, 0.4) is 0 Å². The van der Waals surface area contributed by atoms with Crippen molar-refractivity contribution in [3.05, 3.63) is 0 Å². The Hall–Kier alpha value is -1.18. The summed E-state index contributed by atoms with van der Waals surface area (Å²) in [6, 6.07) is 0. The van der Waals surface area contributed by atoms with Crippen molar-refractivity contribution < 1.29 is 28.9 Å². The topological polar surface area (TPSA) is 85.3 Å². The zero-order valence-corrected chi connectivity index (χ0v) is 17.1. The van der Waals surface area contributed by atoms with E-state index in [2.05, 4.69) is 0 Å². The van der Waals surface area contributed by atoms with Gasteiger partial charge in [0.15, 0.2) is 6.10 Å². The van der Waals surface area contributed by atoms with E-state index in [9.17, 15) is 14.7 Å². The summed E-state index contributed by atoms with van der Waals surface area (Å²) in [6.07, 6.45) is 2.77. The third-order valence-electron chi connectivity index (χ3n) is 5.04. The third-order valence-corrected chi connectivity index (χ3v) is 5.04. The highest BCUT2D eigenvalue weighted by atomic mass is 16.6. The van der Waals surface area contributed by atoms with Gasteiger partial charge in [0.25, 0.3) is 0 Å². The smallest absolute Gasteiger partial charge is 0.339 e. The Morgan fingerprint density at radius 1 is 1.11 bits per heavy atom. The highest BCUT2D eigenvalue weighted by Gasteiger charge is 2.39. The summed E-state index contributed by atoms with van der Waals surface area (Å²) >= 11 is 0. The highest BCUT2D eigenvalue weighted by Crippen LogP contribution is 2.30. The summed E-state index contributed by atoms with van der Waals surface area (Å²) in [6.45, 7) is 9.13. The lowest BCUT2D eigenvalue weighted by Crippen LogP contribution is -2.51. The van der Waals surface area contributed by atoms with Crippen molar-refractivity contribution in [2.24, 2.45) is 5.92 Å². The molecule has 1 saturated carbocycles. The molecule has 1 aliphatic carbocycles. The first-order valence-corrected chi connectivity index (χ1v) is 10.2. The van der Waals surface area contributed by atoms with Crippen molar-refractivity contribution in [2.45, 2.75) is 90.3 Å². The van der Waals surface area contributed by atoms with Gasteiger partial charge in [-0.25, -0.2) is 4.79 Å². The maximum absolute atomic E-state index is 12.4. The molecule has 0 aromatic rings. The molecule has 0 amide bonds. The van der Waals surface area contributed by atoms with E-state index in [1.165, 1.54) is 0 Å². The average Bonchev–Trinajstić information content (AvgIpc) is 3.12. The lowest BCUT2D eigenvalue weighted by Gasteiger charge is -2.36. The first kappa shape index (κ1) is 22.1. The second-order valence-corrected chi connectivity index (χ2v) is 8.47. The van der Waals surface area contributed by atoms with Crippen LogP contribution in [0.25, 0.3) is 0 Å². The van der Waals surface area contributed by atoms with Crippen LogP contribution >= 0.6 is 0 Å². The molecule has 0 unspecified atom stereocenters. The number of likely N-dealkylation sites (tertiary alicyclic amines) is 1. The van der Waals surface area contributed by atoms with Gasteiger partial charge in [0.05, 0.1) is 18.6 Å². The summed E-state index contributed by atoms with van der Waals surface area (Å²) in [5.41, 5.74) is -0.661. The Bertz CT molecular complexity index is 489. The van der Waals surface area contributed by atoms with E-state index >= 15 is 0 Å². The fraction of sp³-hybridized carbons (Fsp3) is 0.900. The van der Waals surface area contributed by atoms with Crippen LogP contribution < -0.4 is 0 Å². The standard InChI is InChI=1S/C20H35NO6/c1-5-25-18(23)14-8-10-15(11-9-14)26-17(21-12-6-7-13-21)16(22)19(24)27-20(2,3)4/h14-17,22H,5-13H2,1-4H3/t14?,15?,16-,17-/m0/s1. The van der Waals surface area contributed by atoms with Gasteiger partial charge in [-0.2, -0.15) is 0 Å². The molecule has 0 spiro atoms. The molecule has 7 nitrogen and oxygen atoms in total. The van der Waals surface area contributed by atoms with Crippen LogP contribution in [0.4, 0.5) is 0 Å². The van der Waals surface area contributed by atoms with Crippen molar-refractivity contribution in [1.29, 1.82) is 0 Å². The molecule has 2 fully saturated rings. The molecule has 0 bridgehead atoms. The van der Waals surface area contributed by atoms with E-state index in [1.807, 2.05) is 11.8 Å². The first-order valence-electron chi connectivity index (χ1n) is 10.2. The summed E-state index contributed by atoms with van der Waals surface area (Å²) in [7, 11) is 0. The number of ether oxygens (including phenoxy) is 3. The molecule has 7 heteroatoms. The Morgan fingerprint density at radius 2 is 1.70 bits per heavy atom. The van der Waals surface area contributed by atoms with Crippen LogP contribution in [0.1, 0.15) is 66.2 Å². The maximum Gasteiger partial charge on any atom is 0.339 e. The summed E-state index contributed by atoms with van der Waals surface area (Å²) < 4.78 is 16.6. The van der Waals surface area contributed by atoms with Gasteiger partial charge in [-0.1, -0.05) is 0 Å². The fourth-order valence-corrected chi connectivity index (χ4v) is 3.73. The number of hydrogen-bond donors (Lipinski definition) is 1. The lowest BCUT2D eigenvalue weighted by atomic mass is 9.87. The zero-order valence-electron chi connectivity index (χ0n) is 17.1. The van der Waals surface area contributed by atoms with Crippen LogP contribution in [0.5, 0.6) is 0 Å². The molecule has 1 aliphatic heterocycles. The minimum Gasteiger partial charge on any atom is -0.466 e. The largest absolute Gasteiger partial charge is 0.466 e. The van der Waals surface area contributed by atoms with Crippen LogP contribution in [-0.4, -0.2) is 65.7 Å². The second-order valence-electron chi connectivity index (χ2n) is 8.47. The second kappa shape index (κ2) is 9.85. The van der Waals surface area contributed by atoms with Gasteiger partial charge < -0.3 is 19.3 Å². The normalized spacial score (nSPS) is 26.4. The SMILES string of the molecule is CCOC(=O)C1CCC(O[C@@H]([C@H](O)C(=O)OC(C)(C)C)N2CCCC2)CC1. The molecule has 156 valence electrons. The van der Waals surface area contributed by atoms with E-state index in [0.717, 1.165) is 38.8 Å². The molecule has 1 heterocycles. The van der Waals surface area contributed by atoms with Gasteiger partial charge >= 0.3 is 11.9 Å². The number of nitrogens with zero attached hydrogens (tertiary/aromatic N) is 1. The number of carbonyl (C=O) groups is 2. The average molecular weight is 386 g/mol. The molecule has 0 aromatic heterocycles. The molecular weight excluding hydrogens is 350 g/mol. The predicted molar refractivity (Wildman–Crippen MR) is 99.9 cm³/mol. The first-order chi connectivity index (χ1) is 12.7. The third kappa shape index (κ3) is 6.73. The number of carbonyl (C=O) groups excluding carboxylic acids is 2. The van der Waals surface area contributed by atoms with Crippen LogP contribution in [0.15, 0.2) is 0 Å². The van der Waals surface area contributed by atoms with Gasteiger partial charge in [-0.05, 0) is 66.2 Å². The van der Waals surface area contributed by atoms with Crippen molar-refractivity contribution in [1.82, 2.24) is 4.90 Å². The van der Waals surface area contributed by atoms with E-state index in [1.54, 1.807) is 20.8 Å². The molecule has 1 N–H and O–H groups in total. The predicted octanol–water partition coefficient (Wildman–Crippen LogP) is 2.25. The minimum atomic E-state index is -1.34. The Kier molecular flexibility index (Phi) is 8.06. The lowest BCUT2D eigenvalue weighted by molar-refractivity contribution is -0.194. The monoisotopic (exact) mass is 385 g/mol. The van der Waals surface area contributed by atoms with Gasteiger partial charge in [0.1, 0.15) is 11.8 Å². The van der Waals surface area contributed by atoms with E-state index in [0.29, 0.717) is 19.4 Å². The zero-order chi connectivity index (χ0) is 20.0. The van der Waals surface area contributed by atoms with Crippen LogP contribution in [0, 0.1) is 5.92 Å². The fourth-order valence-electron chi connectivity index (χ4n) is 3.73. The van der Waals surface area contributed by atoms with E-state index in [4.69, 9.17) is 14.2 Å². The van der Waals surface area contributed by atoms with Gasteiger partial charge in [0.2, 0.25) is 0 Å². The van der Waals surface area contributed by atoms with Gasteiger partial charge in [-0.3, -0.25) is 9.69 Å². The Balaban J connectivity index is 1.95. The van der Waals surface area contributed by atoms with Gasteiger partial charge in [0, 0.05) is 13.1 Å². The Morgan fingerprint density at radius 3 is 2.22 bits per heavy atom. The Labute approximate surface area is 162 Å². The van der Waals surface area contributed by atoms with E-state index < -0.39 is 23.9 Å². The van der Waals surface area contributed by atoms with E-state index in [-0.39, 0.29) is 18.0 Å². The molecule has 2 atom stereocenters. The van der Waals surface area contributed by atoms with Crippen molar-refractivity contribution in [2.75, 3.05) is 19.7 Å². The summed E-state index contributed by atoms with van der Waals surface area (Å²) in [5.74, 6) is -0.869. The molecule has 0 radical (unpaired) electrons. The maximum atomic E-state index is 12.4. The molecule has 27 heavy (non-hydrogen) atoms. The van der Waals surface area contributed by atoms with Crippen LogP contribution in [0.2, 0.25) is 0 Å². The minimum absolute atomic E-state index is 0.0779. The highest BCUT2D eigenvalue weighted by molar-refractivity contribution is 5.75. The number of hydrogen-bond acceptors (Lipinski definition) is 7. The van der Waals surface area contributed by atoms with Crippen LogP contribution in [-0.2, 0) is 23.8 Å². The van der Waals surface area contributed by atoms with Gasteiger partial charge in [-0.15, -0.1) is 0 Å². The number of rotatable bonds is 7. The molecular formula is C20H35NO6. The summed E-state index contributed by atoms with van der Waals surface area (Å²) in [5, 5.41) is 10.6. The molecule has 1 saturated heterocycles. The molecule has 2 aliphatic rings. The molecule has 2 rings (SSSR count). The van der Waals surface area contributed by atoms with Crippen molar-refractivity contribution in [3.8, 4) is 0 Å².